The lowest BCUT2D eigenvalue weighted by molar-refractivity contribution is -0.444. The maximum atomic E-state index is 11.0. The van der Waals surface area contributed by atoms with Gasteiger partial charge in [0.15, 0.2) is 11.9 Å². The molecule has 6 heteroatoms. The third-order valence-corrected chi connectivity index (χ3v) is 2.22. The van der Waals surface area contributed by atoms with E-state index in [9.17, 15) is 19.8 Å². The Kier molecular flexibility index (Phi) is 2.38. The smallest absolute Gasteiger partial charge is 0.170 e. The quantitative estimate of drug-likeness (QED) is 0.385. The summed E-state index contributed by atoms with van der Waals surface area (Å²) in [5.41, 5.74) is 1.22. The largest absolute Gasteiger partial charge is 0.547 e. The maximum Gasteiger partial charge on any atom is 0.170 e. The Labute approximate surface area is 74.0 Å². The zero-order chi connectivity index (χ0) is 10.2. The molecule has 0 spiro atoms. The normalized spacial score (nSPS) is 40.4. The highest BCUT2D eigenvalue weighted by molar-refractivity contribution is 5.91. The van der Waals surface area contributed by atoms with Gasteiger partial charge in [-0.2, -0.15) is 0 Å². The molecular weight excluding hydrogens is 178 g/mol. The number of aliphatic carboxylic acids is 1. The second kappa shape index (κ2) is 3.06. The number of aliphatic hydroxyl groups is 2. The van der Waals surface area contributed by atoms with Gasteiger partial charge in [0, 0.05) is 12.8 Å². The molecular formula is C7H11NO5. The highest BCUT2D eigenvalue weighted by atomic mass is 16.4. The molecule has 6 nitrogen and oxygen atoms in total. The van der Waals surface area contributed by atoms with E-state index in [2.05, 4.69) is 5.73 Å². The van der Waals surface area contributed by atoms with Gasteiger partial charge in [-0.1, -0.05) is 0 Å². The second-order valence-electron chi connectivity index (χ2n) is 3.37. The van der Waals surface area contributed by atoms with Crippen molar-refractivity contribution in [3.8, 4) is 0 Å². The van der Waals surface area contributed by atoms with E-state index in [-0.39, 0.29) is 6.42 Å². The van der Waals surface area contributed by atoms with Crippen molar-refractivity contribution in [1.82, 2.24) is 0 Å². The van der Waals surface area contributed by atoms with Crippen LogP contribution in [0.4, 0.5) is 0 Å². The van der Waals surface area contributed by atoms with Crippen LogP contribution in [-0.4, -0.2) is 39.7 Å². The molecule has 0 aromatic rings. The number of aliphatic hydroxyl groups excluding tert-OH is 1. The molecule has 0 amide bonds. The zero-order valence-corrected chi connectivity index (χ0v) is 6.90. The van der Waals surface area contributed by atoms with Gasteiger partial charge in [-0.3, -0.25) is 4.79 Å². The summed E-state index contributed by atoms with van der Waals surface area (Å²) in [4.78, 5) is 21.4. The Bertz CT molecular complexity index is 253. The standard InChI is InChI=1S/C7H11NO5/c8-3-1-7(13,6(11)12)2-4(9)5(3)10/h3,5,10,13H,1-2,8H2,(H,11,12)/t3-,5+,7-/m1/s1. The van der Waals surface area contributed by atoms with E-state index in [1.54, 1.807) is 0 Å². The molecule has 5 N–H and O–H groups in total. The van der Waals surface area contributed by atoms with Crippen molar-refractivity contribution in [3.05, 3.63) is 0 Å². The third-order valence-electron chi connectivity index (χ3n) is 2.22. The third kappa shape index (κ3) is 1.69. The van der Waals surface area contributed by atoms with Gasteiger partial charge in [-0.05, 0) is 0 Å². The average molecular weight is 189 g/mol. The lowest BCUT2D eigenvalue weighted by Crippen LogP contribution is -2.74. The fraction of sp³-hybridized carbons (Fsp3) is 0.714. The summed E-state index contributed by atoms with van der Waals surface area (Å²) in [6.45, 7) is 0. The highest BCUT2D eigenvalue weighted by Crippen LogP contribution is 2.24. The molecule has 0 saturated heterocycles. The Morgan fingerprint density at radius 2 is 2.23 bits per heavy atom. The van der Waals surface area contributed by atoms with Crippen LogP contribution in [0.3, 0.4) is 0 Å². The molecule has 1 rings (SSSR count). The molecule has 13 heavy (non-hydrogen) atoms. The molecule has 3 atom stereocenters. The van der Waals surface area contributed by atoms with E-state index in [0.29, 0.717) is 0 Å². The predicted octanol–water partition coefficient (Wildman–Crippen LogP) is -4.20. The summed E-state index contributed by atoms with van der Waals surface area (Å²) in [6.07, 6.45) is -2.15. The van der Waals surface area contributed by atoms with Crippen molar-refractivity contribution in [2.45, 2.75) is 30.6 Å². The number of quaternary nitrogens is 1. The molecule has 0 aromatic carbocycles. The first kappa shape index (κ1) is 10.1. The minimum Gasteiger partial charge on any atom is -0.547 e. The molecule has 74 valence electrons. The van der Waals surface area contributed by atoms with Crippen LogP contribution in [0.25, 0.3) is 0 Å². The van der Waals surface area contributed by atoms with Gasteiger partial charge in [0.05, 0.1) is 5.97 Å². The monoisotopic (exact) mass is 189 g/mol. The Hall–Kier alpha value is -0.980. The van der Waals surface area contributed by atoms with Crippen LogP contribution in [-0.2, 0) is 9.59 Å². The summed E-state index contributed by atoms with van der Waals surface area (Å²) in [7, 11) is 0. The van der Waals surface area contributed by atoms with Crippen LogP contribution < -0.4 is 10.8 Å². The van der Waals surface area contributed by atoms with Gasteiger partial charge in [0.2, 0.25) is 0 Å². The number of carboxylic acid groups (broad SMARTS) is 1. The average Bonchev–Trinajstić information content (AvgIpc) is 2.00. The molecule has 0 bridgehead atoms. The van der Waals surface area contributed by atoms with Gasteiger partial charge >= 0.3 is 0 Å². The SMILES string of the molecule is [NH3+][C@@H]1C[C@](O)(C(=O)[O-])CC(=O)[C@H]1O. The van der Waals surface area contributed by atoms with E-state index >= 15 is 0 Å². The molecule has 0 unspecified atom stereocenters. The van der Waals surface area contributed by atoms with Crippen LogP contribution in [0.1, 0.15) is 12.8 Å². The lowest BCUT2D eigenvalue weighted by atomic mass is 9.80. The minimum atomic E-state index is -2.16. The van der Waals surface area contributed by atoms with E-state index in [4.69, 9.17) is 5.11 Å². The number of hydrogen-bond donors (Lipinski definition) is 3. The Morgan fingerprint density at radius 3 is 2.62 bits per heavy atom. The number of ketones is 1. The number of hydrogen-bond acceptors (Lipinski definition) is 5. The Balaban J connectivity index is 2.85. The molecule has 1 aliphatic carbocycles. The molecule has 0 heterocycles. The number of carbonyl (C=O) groups excluding carboxylic acids is 2. The molecule has 0 radical (unpaired) electrons. The fourth-order valence-electron chi connectivity index (χ4n) is 1.43. The summed E-state index contributed by atoms with van der Waals surface area (Å²) < 4.78 is 0. The first-order valence-electron chi connectivity index (χ1n) is 3.84. The molecule has 1 fully saturated rings. The first-order chi connectivity index (χ1) is 5.87. The van der Waals surface area contributed by atoms with Gasteiger partial charge in [-0.25, -0.2) is 0 Å². The first-order valence-corrected chi connectivity index (χ1v) is 3.84. The van der Waals surface area contributed by atoms with Crippen molar-refractivity contribution >= 4 is 11.8 Å². The molecule has 0 aliphatic heterocycles. The van der Waals surface area contributed by atoms with E-state index < -0.39 is 35.9 Å². The van der Waals surface area contributed by atoms with Crippen LogP contribution in [0.2, 0.25) is 0 Å². The van der Waals surface area contributed by atoms with Crippen molar-refractivity contribution in [2.75, 3.05) is 0 Å². The summed E-state index contributed by atoms with van der Waals surface area (Å²) >= 11 is 0. The topological polar surface area (TPSA) is 125 Å². The van der Waals surface area contributed by atoms with Crippen LogP contribution in [0, 0.1) is 0 Å². The van der Waals surface area contributed by atoms with E-state index in [1.807, 2.05) is 0 Å². The summed E-state index contributed by atoms with van der Waals surface area (Å²) in [5, 5.41) is 28.9. The minimum absolute atomic E-state index is 0.262. The van der Waals surface area contributed by atoms with Crippen LogP contribution in [0.15, 0.2) is 0 Å². The molecule has 0 aromatic heterocycles. The van der Waals surface area contributed by atoms with Crippen LogP contribution >= 0.6 is 0 Å². The van der Waals surface area contributed by atoms with Crippen LogP contribution in [0.5, 0.6) is 0 Å². The second-order valence-corrected chi connectivity index (χ2v) is 3.37. The molecule has 1 saturated carbocycles. The van der Waals surface area contributed by atoms with Crippen molar-refractivity contribution in [2.24, 2.45) is 0 Å². The van der Waals surface area contributed by atoms with Gasteiger partial charge in [0.25, 0.3) is 0 Å². The van der Waals surface area contributed by atoms with E-state index in [1.165, 1.54) is 0 Å². The van der Waals surface area contributed by atoms with Gasteiger partial charge < -0.3 is 25.8 Å². The van der Waals surface area contributed by atoms with Crippen molar-refractivity contribution < 1.29 is 30.6 Å². The zero-order valence-electron chi connectivity index (χ0n) is 6.90. The lowest BCUT2D eigenvalue weighted by Gasteiger charge is -2.35. The Morgan fingerprint density at radius 1 is 1.69 bits per heavy atom. The number of Topliss-reactive ketones (excluding diaryl/α,β-unsaturated/α-hetero) is 1. The highest BCUT2D eigenvalue weighted by Gasteiger charge is 2.45. The summed E-state index contributed by atoms with van der Waals surface area (Å²) in [5.74, 6) is -2.40. The van der Waals surface area contributed by atoms with E-state index in [0.717, 1.165) is 0 Å². The summed E-state index contributed by atoms with van der Waals surface area (Å²) in [6, 6.07) is -0.802. The van der Waals surface area contributed by atoms with Gasteiger partial charge in [0.1, 0.15) is 11.6 Å². The maximum absolute atomic E-state index is 11.0. The fourth-order valence-corrected chi connectivity index (χ4v) is 1.43. The van der Waals surface area contributed by atoms with Crippen molar-refractivity contribution in [1.29, 1.82) is 0 Å². The van der Waals surface area contributed by atoms with Crippen molar-refractivity contribution in [3.63, 3.8) is 0 Å². The number of carboxylic acids is 1. The number of rotatable bonds is 1. The predicted molar refractivity (Wildman–Crippen MR) is 36.9 cm³/mol. The van der Waals surface area contributed by atoms with Gasteiger partial charge in [-0.15, -0.1) is 0 Å². The number of carbonyl (C=O) groups is 2. The molecule has 1 aliphatic rings.